The summed E-state index contributed by atoms with van der Waals surface area (Å²) < 4.78 is 30.9. The van der Waals surface area contributed by atoms with E-state index in [1.165, 1.54) is 25.3 Å². The lowest BCUT2D eigenvalue weighted by Crippen LogP contribution is -2.00. The molecule has 0 amide bonds. The van der Waals surface area contributed by atoms with Crippen LogP contribution in [0.5, 0.6) is 11.5 Å². The molecular formula is C14H13F2NO2. The predicted molar refractivity (Wildman–Crippen MR) is 68.3 cm³/mol. The van der Waals surface area contributed by atoms with Crippen molar-refractivity contribution in [3.8, 4) is 11.5 Å². The van der Waals surface area contributed by atoms with Gasteiger partial charge in [0.05, 0.1) is 7.11 Å². The first-order chi connectivity index (χ1) is 9.08. The van der Waals surface area contributed by atoms with Crippen molar-refractivity contribution in [2.75, 3.05) is 12.4 Å². The number of benzene rings is 2. The number of methoxy groups -OCH3 is 1. The topological polar surface area (TPSA) is 41.5 Å². The zero-order valence-corrected chi connectivity index (χ0v) is 10.3. The first kappa shape index (κ1) is 13.1. The van der Waals surface area contributed by atoms with Crippen LogP contribution in [0.4, 0.5) is 14.5 Å². The molecule has 19 heavy (non-hydrogen) atoms. The molecule has 0 saturated carbocycles. The molecule has 2 aromatic carbocycles. The number of rotatable bonds is 4. The van der Waals surface area contributed by atoms with Crippen LogP contribution < -0.4 is 10.1 Å². The van der Waals surface area contributed by atoms with Crippen LogP contribution in [-0.2, 0) is 6.54 Å². The first-order valence-electron chi connectivity index (χ1n) is 5.64. The Balaban J connectivity index is 2.08. The minimum atomic E-state index is -0.639. The van der Waals surface area contributed by atoms with E-state index in [2.05, 4.69) is 5.32 Å². The second kappa shape index (κ2) is 5.56. The molecule has 0 spiro atoms. The molecule has 0 unspecified atom stereocenters. The van der Waals surface area contributed by atoms with Crippen LogP contribution in [-0.4, -0.2) is 12.2 Å². The Bertz CT molecular complexity index is 567. The van der Waals surface area contributed by atoms with Crippen molar-refractivity contribution in [3.63, 3.8) is 0 Å². The summed E-state index contributed by atoms with van der Waals surface area (Å²) in [7, 11) is 1.46. The third-order valence-electron chi connectivity index (χ3n) is 2.60. The lowest BCUT2D eigenvalue weighted by Gasteiger charge is -2.09. The summed E-state index contributed by atoms with van der Waals surface area (Å²) in [6.07, 6.45) is 0. The van der Waals surface area contributed by atoms with E-state index in [0.717, 1.165) is 11.6 Å². The Morgan fingerprint density at radius 2 is 1.79 bits per heavy atom. The van der Waals surface area contributed by atoms with Gasteiger partial charge in [-0.05, 0) is 29.8 Å². The Kier molecular flexibility index (Phi) is 3.85. The van der Waals surface area contributed by atoms with Gasteiger partial charge in [-0.3, -0.25) is 0 Å². The van der Waals surface area contributed by atoms with E-state index < -0.39 is 11.6 Å². The van der Waals surface area contributed by atoms with E-state index in [1.807, 2.05) is 0 Å². The van der Waals surface area contributed by atoms with E-state index in [4.69, 9.17) is 4.74 Å². The second-order valence-electron chi connectivity index (χ2n) is 4.02. The van der Waals surface area contributed by atoms with Crippen molar-refractivity contribution in [1.82, 2.24) is 0 Å². The highest BCUT2D eigenvalue weighted by Crippen LogP contribution is 2.26. The van der Waals surface area contributed by atoms with Gasteiger partial charge in [-0.1, -0.05) is 6.07 Å². The number of phenols is 1. The van der Waals surface area contributed by atoms with Gasteiger partial charge < -0.3 is 15.2 Å². The molecule has 0 bridgehead atoms. The average Bonchev–Trinajstić information content (AvgIpc) is 2.35. The molecule has 0 aliphatic rings. The number of phenolic OH excluding ortho intramolecular Hbond substituents is 1. The van der Waals surface area contributed by atoms with Crippen molar-refractivity contribution in [3.05, 3.63) is 53.6 Å². The van der Waals surface area contributed by atoms with Crippen LogP contribution >= 0.6 is 0 Å². The average molecular weight is 265 g/mol. The zero-order chi connectivity index (χ0) is 13.8. The molecule has 2 rings (SSSR count). The van der Waals surface area contributed by atoms with Crippen molar-refractivity contribution in [1.29, 1.82) is 0 Å². The molecule has 0 aliphatic heterocycles. The van der Waals surface area contributed by atoms with Crippen LogP contribution in [0.1, 0.15) is 5.56 Å². The highest BCUT2D eigenvalue weighted by molar-refractivity contribution is 5.46. The van der Waals surface area contributed by atoms with E-state index >= 15 is 0 Å². The molecule has 0 atom stereocenters. The number of nitrogens with one attached hydrogen (secondary N) is 1. The SMILES string of the molecule is COc1ccc(CNc2cc(F)cc(F)c2)cc1O. The third kappa shape index (κ3) is 3.34. The summed E-state index contributed by atoms with van der Waals surface area (Å²) in [5, 5.41) is 12.5. The molecule has 2 N–H and O–H groups in total. The summed E-state index contributed by atoms with van der Waals surface area (Å²) in [5.41, 5.74) is 1.11. The number of hydrogen-bond acceptors (Lipinski definition) is 3. The van der Waals surface area contributed by atoms with Crippen LogP contribution in [0.25, 0.3) is 0 Å². The van der Waals surface area contributed by atoms with Gasteiger partial charge in [0.25, 0.3) is 0 Å². The number of halogens is 2. The quantitative estimate of drug-likeness (QED) is 0.891. The molecule has 0 aliphatic carbocycles. The predicted octanol–water partition coefficient (Wildman–Crippen LogP) is 3.29. The second-order valence-corrected chi connectivity index (χ2v) is 4.02. The zero-order valence-electron chi connectivity index (χ0n) is 10.3. The fraction of sp³-hybridized carbons (Fsp3) is 0.143. The fourth-order valence-electron chi connectivity index (χ4n) is 1.71. The van der Waals surface area contributed by atoms with Gasteiger partial charge >= 0.3 is 0 Å². The van der Waals surface area contributed by atoms with Gasteiger partial charge in [0.1, 0.15) is 11.6 Å². The molecule has 0 radical (unpaired) electrons. The molecule has 0 aromatic heterocycles. The maximum absolute atomic E-state index is 13.0. The van der Waals surface area contributed by atoms with Gasteiger partial charge in [-0.25, -0.2) is 8.78 Å². The minimum absolute atomic E-state index is 0.0206. The molecule has 0 saturated heterocycles. The smallest absolute Gasteiger partial charge is 0.160 e. The Morgan fingerprint density at radius 3 is 2.37 bits per heavy atom. The third-order valence-corrected chi connectivity index (χ3v) is 2.60. The molecular weight excluding hydrogens is 252 g/mol. The largest absolute Gasteiger partial charge is 0.504 e. The van der Waals surface area contributed by atoms with Crippen molar-refractivity contribution < 1.29 is 18.6 Å². The fourth-order valence-corrected chi connectivity index (χ4v) is 1.71. The van der Waals surface area contributed by atoms with Gasteiger partial charge in [-0.15, -0.1) is 0 Å². The Morgan fingerprint density at radius 1 is 1.11 bits per heavy atom. The summed E-state index contributed by atoms with van der Waals surface area (Å²) in [6, 6.07) is 8.12. The van der Waals surface area contributed by atoms with Gasteiger partial charge in [0.2, 0.25) is 0 Å². The normalized spacial score (nSPS) is 10.3. The van der Waals surface area contributed by atoms with E-state index in [9.17, 15) is 13.9 Å². The molecule has 0 fully saturated rings. The Labute approximate surface area is 109 Å². The monoisotopic (exact) mass is 265 g/mol. The highest BCUT2D eigenvalue weighted by atomic mass is 19.1. The molecule has 100 valence electrons. The summed E-state index contributed by atoms with van der Waals surface area (Å²) in [4.78, 5) is 0. The maximum atomic E-state index is 13.0. The van der Waals surface area contributed by atoms with E-state index in [-0.39, 0.29) is 5.75 Å². The lowest BCUT2D eigenvalue weighted by molar-refractivity contribution is 0.373. The summed E-state index contributed by atoms with van der Waals surface area (Å²) in [6.45, 7) is 0.334. The summed E-state index contributed by atoms with van der Waals surface area (Å²) in [5.74, 6) is -0.882. The van der Waals surface area contributed by atoms with Crippen LogP contribution in [0, 0.1) is 11.6 Å². The van der Waals surface area contributed by atoms with Crippen LogP contribution in [0.3, 0.4) is 0 Å². The van der Waals surface area contributed by atoms with Crippen molar-refractivity contribution in [2.45, 2.75) is 6.54 Å². The first-order valence-corrected chi connectivity index (χ1v) is 5.64. The van der Waals surface area contributed by atoms with Crippen LogP contribution in [0.15, 0.2) is 36.4 Å². The molecule has 5 heteroatoms. The van der Waals surface area contributed by atoms with Gasteiger partial charge in [0, 0.05) is 18.3 Å². The van der Waals surface area contributed by atoms with Crippen molar-refractivity contribution in [2.24, 2.45) is 0 Å². The van der Waals surface area contributed by atoms with Crippen LogP contribution in [0.2, 0.25) is 0 Å². The molecule has 2 aromatic rings. The lowest BCUT2D eigenvalue weighted by atomic mass is 10.2. The van der Waals surface area contributed by atoms with Crippen molar-refractivity contribution >= 4 is 5.69 Å². The van der Waals surface area contributed by atoms with E-state index in [1.54, 1.807) is 12.1 Å². The maximum Gasteiger partial charge on any atom is 0.160 e. The number of anilines is 1. The van der Waals surface area contributed by atoms with Gasteiger partial charge in [0.15, 0.2) is 11.5 Å². The summed E-state index contributed by atoms with van der Waals surface area (Å²) >= 11 is 0. The van der Waals surface area contributed by atoms with E-state index in [0.29, 0.717) is 18.0 Å². The minimum Gasteiger partial charge on any atom is -0.504 e. The number of aromatic hydroxyl groups is 1. The highest BCUT2D eigenvalue weighted by Gasteiger charge is 2.04. The van der Waals surface area contributed by atoms with Gasteiger partial charge in [-0.2, -0.15) is 0 Å². The number of ether oxygens (including phenoxy) is 1. The molecule has 3 nitrogen and oxygen atoms in total. The molecule has 0 heterocycles. The standard InChI is InChI=1S/C14H13F2NO2/c1-19-14-3-2-9(4-13(14)18)8-17-12-6-10(15)5-11(16)7-12/h2-7,17-18H,8H2,1H3. The number of hydrogen-bond donors (Lipinski definition) is 2. The Hall–Kier alpha value is -2.30.